The van der Waals surface area contributed by atoms with Gasteiger partial charge in [-0.05, 0) is 45.8 Å². The molecule has 0 bridgehead atoms. The third-order valence-corrected chi connectivity index (χ3v) is 4.12. The molecular formula is C18H16BrN3O2. The largest absolute Gasteiger partial charge is 0.451 e. The molecule has 0 spiro atoms. The molecule has 122 valence electrons. The zero-order valence-electron chi connectivity index (χ0n) is 13.3. The van der Waals surface area contributed by atoms with Crippen LogP contribution in [0, 0.1) is 0 Å². The molecule has 2 aromatic carbocycles. The Bertz CT molecular complexity index is 883. The lowest BCUT2D eigenvalue weighted by Crippen LogP contribution is -2.16. The number of hydrazone groups is 1. The first-order valence-corrected chi connectivity index (χ1v) is 8.13. The topological polar surface area (TPSA) is 57.8 Å². The summed E-state index contributed by atoms with van der Waals surface area (Å²) in [5, 5.41) is 4.87. The number of hydrogen-bond donors (Lipinski definition) is 1. The normalized spacial score (nSPS) is 11.1. The molecule has 1 amide bonds. The van der Waals surface area contributed by atoms with E-state index in [9.17, 15) is 4.79 Å². The van der Waals surface area contributed by atoms with Crippen LogP contribution in [-0.4, -0.2) is 26.2 Å². The lowest BCUT2D eigenvalue weighted by Gasteiger charge is -2.14. The monoisotopic (exact) mass is 385 g/mol. The number of carbonyl (C=O) groups excluding carboxylic acids is 1. The maximum atomic E-state index is 12.1. The first-order chi connectivity index (χ1) is 11.5. The van der Waals surface area contributed by atoms with Gasteiger partial charge in [0, 0.05) is 24.0 Å². The number of nitrogens with zero attached hydrogens (tertiary/aromatic N) is 2. The van der Waals surface area contributed by atoms with E-state index < -0.39 is 0 Å². The minimum atomic E-state index is -0.383. The fraction of sp³-hybridized carbons (Fsp3) is 0.111. The van der Waals surface area contributed by atoms with E-state index in [-0.39, 0.29) is 11.7 Å². The van der Waals surface area contributed by atoms with Gasteiger partial charge in [-0.1, -0.05) is 24.3 Å². The Kier molecular flexibility index (Phi) is 4.66. The Morgan fingerprint density at radius 2 is 2.00 bits per heavy atom. The molecule has 0 unspecified atom stereocenters. The molecule has 1 aromatic heterocycles. The summed E-state index contributed by atoms with van der Waals surface area (Å²) in [5.41, 5.74) is 5.09. The average Bonchev–Trinajstić information content (AvgIpc) is 2.98. The van der Waals surface area contributed by atoms with E-state index in [4.69, 9.17) is 4.42 Å². The molecule has 1 heterocycles. The first-order valence-electron chi connectivity index (χ1n) is 7.33. The van der Waals surface area contributed by atoms with Gasteiger partial charge in [-0.3, -0.25) is 4.79 Å². The first kappa shape index (κ1) is 16.3. The average molecular weight is 386 g/mol. The standard InChI is InChI=1S/C18H16BrN3O2/c1-22(2)15-8-7-12(9-14(15)19)11-20-21-18(23)17-10-13-5-3-4-6-16(13)24-17/h3-11H,1-2H3,(H,21,23)/b20-11+. The van der Waals surface area contributed by atoms with Crippen LogP contribution in [0.15, 0.2) is 62.5 Å². The van der Waals surface area contributed by atoms with Gasteiger partial charge in [0.05, 0.1) is 11.9 Å². The second-order valence-corrected chi connectivity index (χ2v) is 6.31. The molecule has 24 heavy (non-hydrogen) atoms. The van der Waals surface area contributed by atoms with Crippen LogP contribution in [0.2, 0.25) is 0 Å². The van der Waals surface area contributed by atoms with Gasteiger partial charge in [-0.2, -0.15) is 5.10 Å². The molecule has 0 radical (unpaired) electrons. The predicted molar refractivity (Wildman–Crippen MR) is 99.7 cm³/mol. The molecule has 1 N–H and O–H groups in total. The van der Waals surface area contributed by atoms with E-state index in [1.165, 1.54) is 0 Å². The van der Waals surface area contributed by atoms with Crippen molar-refractivity contribution in [3.05, 3.63) is 64.3 Å². The number of furan rings is 1. The summed E-state index contributed by atoms with van der Waals surface area (Å²) in [4.78, 5) is 14.1. The van der Waals surface area contributed by atoms with E-state index in [2.05, 4.69) is 26.5 Å². The Labute approximate surface area is 148 Å². The smallest absolute Gasteiger partial charge is 0.307 e. The fourth-order valence-electron chi connectivity index (χ4n) is 2.28. The van der Waals surface area contributed by atoms with Gasteiger partial charge in [0.15, 0.2) is 5.76 Å². The third-order valence-electron chi connectivity index (χ3n) is 3.48. The predicted octanol–water partition coefficient (Wildman–Crippen LogP) is 4.03. The van der Waals surface area contributed by atoms with Crippen molar-refractivity contribution in [2.45, 2.75) is 0 Å². The fourth-order valence-corrected chi connectivity index (χ4v) is 3.03. The minimum Gasteiger partial charge on any atom is -0.451 e. The van der Waals surface area contributed by atoms with Gasteiger partial charge >= 0.3 is 5.91 Å². The maximum Gasteiger partial charge on any atom is 0.307 e. The number of amides is 1. The highest BCUT2D eigenvalue weighted by Gasteiger charge is 2.10. The van der Waals surface area contributed by atoms with Crippen LogP contribution >= 0.6 is 15.9 Å². The number of benzene rings is 2. The Balaban J connectivity index is 1.69. The highest BCUT2D eigenvalue weighted by Crippen LogP contribution is 2.25. The highest BCUT2D eigenvalue weighted by molar-refractivity contribution is 9.10. The number of halogens is 1. The van der Waals surface area contributed by atoms with Crippen LogP contribution < -0.4 is 10.3 Å². The molecule has 3 aromatic rings. The lowest BCUT2D eigenvalue weighted by molar-refractivity contribution is 0.0929. The van der Waals surface area contributed by atoms with E-state index in [1.54, 1.807) is 12.3 Å². The summed E-state index contributed by atoms with van der Waals surface area (Å²) in [5.74, 6) is -0.149. The van der Waals surface area contributed by atoms with Gasteiger partial charge in [0.1, 0.15) is 5.58 Å². The molecule has 3 rings (SSSR count). The number of nitrogens with one attached hydrogen (secondary N) is 1. The van der Waals surface area contributed by atoms with Crippen LogP contribution in [-0.2, 0) is 0 Å². The van der Waals surface area contributed by atoms with Gasteiger partial charge in [-0.15, -0.1) is 0 Å². The van der Waals surface area contributed by atoms with Gasteiger partial charge < -0.3 is 9.32 Å². The summed E-state index contributed by atoms with van der Waals surface area (Å²) in [6, 6.07) is 15.0. The number of fused-ring (bicyclic) bond motifs is 1. The molecule has 0 saturated heterocycles. The SMILES string of the molecule is CN(C)c1ccc(/C=N/NC(=O)c2cc3ccccc3o2)cc1Br. The van der Waals surface area contributed by atoms with Crippen LogP contribution in [0.3, 0.4) is 0 Å². The van der Waals surface area contributed by atoms with E-state index in [1.807, 2.05) is 61.5 Å². The summed E-state index contributed by atoms with van der Waals surface area (Å²) in [7, 11) is 3.95. The van der Waals surface area contributed by atoms with Crippen molar-refractivity contribution in [3.63, 3.8) is 0 Å². The van der Waals surface area contributed by atoms with E-state index in [0.29, 0.717) is 5.58 Å². The zero-order valence-corrected chi connectivity index (χ0v) is 14.9. The van der Waals surface area contributed by atoms with Gasteiger partial charge in [-0.25, -0.2) is 5.43 Å². The summed E-state index contributed by atoms with van der Waals surface area (Å²) < 4.78 is 6.45. The van der Waals surface area contributed by atoms with E-state index >= 15 is 0 Å². The highest BCUT2D eigenvalue weighted by atomic mass is 79.9. The van der Waals surface area contributed by atoms with Crippen LogP contribution in [0.25, 0.3) is 11.0 Å². The zero-order chi connectivity index (χ0) is 17.1. The Hall–Kier alpha value is -2.60. The van der Waals surface area contributed by atoms with Crippen molar-refractivity contribution in [3.8, 4) is 0 Å². The van der Waals surface area contributed by atoms with Gasteiger partial charge in [0.25, 0.3) is 0 Å². The summed E-state index contributed by atoms with van der Waals surface area (Å²) in [6.45, 7) is 0. The minimum absolute atomic E-state index is 0.234. The number of para-hydroxylation sites is 1. The second-order valence-electron chi connectivity index (χ2n) is 5.45. The molecule has 6 heteroatoms. The Morgan fingerprint density at radius 3 is 2.71 bits per heavy atom. The van der Waals surface area contributed by atoms with Gasteiger partial charge in [0.2, 0.25) is 0 Å². The summed E-state index contributed by atoms with van der Waals surface area (Å²) >= 11 is 3.52. The number of hydrogen-bond acceptors (Lipinski definition) is 4. The number of anilines is 1. The van der Waals surface area contributed by atoms with Crippen LogP contribution in [0.5, 0.6) is 0 Å². The second kappa shape index (κ2) is 6.88. The number of rotatable bonds is 4. The molecule has 0 atom stereocenters. The van der Waals surface area contributed by atoms with Crippen molar-refractivity contribution < 1.29 is 9.21 Å². The molecule has 0 aliphatic rings. The molecular weight excluding hydrogens is 370 g/mol. The lowest BCUT2D eigenvalue weighted by atomic mass is 10.2. The quantitative estimate of drug-likeness (QED) is 0.544. The summed E-state index contributed by atoms with van der Waals surface area (Å²) in [6.07, 6.45) is 1.59. The maximum absolute atomic E-state index is 12.1. The molecule has 0 saturated carbocycles. The van der Waals surface area contributed by atoms with Crippen LogP contribution in [0.1, 0.15) is 16.1 Å². The molecule has 5 nitrogen and oxygen atoms in total. The number of carbonyl (C=O) groups is 1. The molecule has 0 aliphatic carbocycles. The van der Waals surface area contributed by atoms with Crippen molar-refractivity contribution in [1.29, 1.82) is 0 Å². The molecule has 0 fully saturated rings. The van der Waals surface area contributed by atoms with Crippen molar-refractivity contribution in [2.24, 2.45) is 5.10 Å². The van der Waals surface area contributed by atoms with Crippen molar-refractivity contribution >= 4 is 44.7 Å². The van der Waals surface area contributed by atoms with Crippen molar-refractivity contribution in [2.75, 3.05) is 19.0 Å². The van der Waals surface area contributed by atoms with Crippen LogP contribution in [0.4, 0.5) is 5.69 Å². The molecule has 0 aliphatic heterocycles. The van der Waals surface area contributed by atoms with Crippen molar-refractivity contribution in [1.82, 2.24) is 5.43 Å². The third kappa shape index (κ3) is 3.49. The Morgan fingerprint density at radius 1 is 1.21 bits per heavy atom. The van der Waals surface area contributed by atoms with E-state index in [0.717, 1.165) is 21.1 Å².